The van der Waals surface area contributed by atoms with Crippen molar-refractivity contribution in [3.8, 4) is 5.75 Å². The number of carboxylic acids is 1. The van der Waals surface area contributed by atoms with Crippen molar-refractivity contribution in [2.75, 3.05) is 18.5 Å². The molecule has 2 N–H and O–H groups in total. The molecule has 0 radical (unpaired) electrons. The Hall–Kier alpha value is -2.56. The second-order valence-electron chi connectivity index (χ2n) is 7.36. The molecule has 0 amide bonds. The van der Waals surface area contributed by atoms with Crippen LogP contribution in [0.25, 0.3) is 0 Å². The van der Waals surface area contributed by atoms with Gasteiger partial charge in [0.15, 0.2) is 0 Å². The van der Waals surface area contributed by atoms with E-state index >= 15 is 0 Å². The molecule has 2 aromatic rings. The molecule has 0 unspecified atom stereocenters. The van der Waals surface area contributed by atoms with E-state index in [0.29, 0.717) is 6.61 Å². The third kappa shape index (κ3) is 6.75. The Kier molecular flexibility index (Phi) is 7.01. The van der Waals surface area contributed by atoms with E-state index in [1.165, 1.54) is 0 Å². The maximum atomic E-state index is 11.0. The monoisotopic (exact) mass is 356 g/mol. The van der Waals surface area contributed by atoms with Gasteiger partial charge in [0.05, 0.1) is 13.0 Å². The summed E-state index contributed by atoms with van der Waals surface area (Å²) >= 11 is 0. The predicted molar refractivity (Wildman–Crippen MR) is 104 cm³/mol. The first-order valence-corrected chi connectivity index (χ1v) is 8.95. The van der Waals surface area contributed by atoms with E-state index in [0.717, 1.165) is 42.1 Å². The number of nitrogens with one attached hydrogen (secondary N) is 1. The van der Waals surface area contributed by atoms with Crippen molar-refractivity contribution in [1.82, 2.24) is 4.98 Å². The van der Waals surface area contributed by atoms with Gasteiger partial charge in [0.1, 0.15) is 11.6 Å². The summed E-state index contributed by atoms with van der Waals surface area (Å²) in [5, 5.41) is 12.3. The molecule has 5 nitrogen and oxygen atoms in total. The summed E-state index contributed by atoms with van der Waals surface area (Å²) in [5.74, 6) is 0.991. The number of anilines is 1. The lowest BCUT2D eigenvalue weighted by Gasteiger charge is -2.23. The smallest absolute Gasteiger partial charge is 0.303 e. The molecular formula is C21H28N2O3. The molecule has 1 heterocycles. The van der Waals surface area contributed by atoms with Crippen LogP contribution in [0.5, 0.6) is 5.75 Å². The quantitative estimate of drug-likeness (QED) is 0.621. The zero-order valence-electron chi connectivity index (χ0n) is 15.8. The first-order chi connectivity index (χ1) is 12.4. The van der Waals surface area contributed by atoms with Gasteiger partial charge < -0.3 is 15.2 Å². The van der Waals surface area contributed by atoms with E-state index < -0.39 is 5.97 Å². The number of benzene rings is 1. The molecule has 26 heavy (non-hydrogen) atoms. The lowest BCUT2D eigenvalue weighted by atomic mass is 9.82. The van der Waals surface area contributed by atoms with Gasteiger partial charge in [-0.05, 0) is 54.5 Å². The van der Waals surface area contributed by atoms with Crippen molar-refractivity contribution in [2.24, 2.45) is 5.41 Å². The number of rotatable bonds is 10. The number of ether oxygens (including phenoxy) is 1. The number of aromatic nitrogens is 1. The molecule has 0 fully saturated rings. The van der Waals surface area contributed by atoms with Crippen LogP contribution in [0.15, 0.2) is 42.6 Å². The minimum absolute atomic E-state index is 0.160. The van der Waals surface area contributed by atoms with Crippen LogP contribution in [0, 0.1) is 12.3 Å². The van der Waals surface area contributed by atoms with Crippen molar-refractivity contribution in [2.45, 2.75) is 40.0 Å². The van der Waals surface area contributed by atoms with E-state index in [1.807, 2.05) is 51.1 Å². The van der Waals surface area contributed by atoms with Crippen LogP contribution in [-0.4, -0.2) is 29.2 Å². The Labute approximate surface area is 155 Å². The lowest BCUT2D eigenvalue weighted by Crippen LogP contribution is -2.19. The molecule has 0 spiro atoms. The van der Waals surface area contributed by atoms with Crippen LogP contribution < -0.4 is 10.1 Å². The average molecular weight is 356 g/mol. The summed E-state index contributed by atoms with van der Waals surface area (Å²) in [6.07, 6.45) is 3.53. The molecule has 0 aliphatic heterocycles. The third-order valence-corrected chi connectivity index (χ3v) is 4.10. The second-order valence-corrected chi connectivity index (χ2v) is 7.36. The zero-order chi connectivity index (χ0) is 19.0. The molecular weight excluding hydrogens is 328 g/mol. The topological polar surface area (TPSA) is 71.5 Å². The second kappa shape index (κ2) is 9.22. The van der Waals surface area contributed by atoms with Crippen molar-refractivity contribution in [3.63, 3.8) is 0 Å². The minimum atomic E-state index is -0.758. The van der Waals surface area contributed by atoms with Gasteiger partial charge in [0, 0.05) is 12.7 Å². The Morgan fingerprint density at radius 3 is 2.73 bits per heavy atom. The van der Waals surface area contributed by atoms with Gasteiger partial charge >= 0.3 is 5.97 Å². The molecule has 1 aromatic heterocycles. The normalized spacial score (nSPS) is 11.2. The summed E-state index contributed by atoms with van der Waals surface area (Å²) in [5.41, 5.74) is 1.95. The molecule has 5 heteroatoms. The minimum Gasteiger partial charge on any atom is -0.493 e. The van der Waals surface area contributed by atoms with E-state index in [2.05, 4.69) is 16.4 Å². The van der Waals surface area contributed by atoms with E-state index in [1.54, 1.807) is 6.20 Å². The van der Waals surface area contributed by atoms with Crippen LogP contribution in [0.2, 0.25) is 0 Å². The highest BCUT2D eigenvalue weighted by Gasteiger charge is 2.22. The van der Waals surface area contributed by atoms with Gasteiger partial charge in [-0.25, -0.2) is 4.98 Å². The Bertz CT molecular complexity index is 714. The number of carbonyl (C=O) groups is 1. The largest absolute Gasteiger partial charge is 0.493 e. The molecule has 140 valence electrons. The number of carboxylic acid groups (broad SMARTS) is 1. The number of aliphatic carboxylic acids is 1. The molecule has 0 saturated carbocycles. The molecule has 0 bridgehead atoms. The highest BCUT2D eigenvalue weighted by molar-refractivity contribution is 5.67. The molecule has 0 saturated heterocycles. The molecule has 0 aliphatic rings. The SMILES string of the molecule is Cc1cc(CC(C)(C)CC(=O)O)ccc1OCCCNc1ccccn1. The highest BCUT2D eigenvalue weighted by atomic mass is 16.5. The standard InChI is InChI=1S/C21H28N2O3/c1-16-13-17(14-21(2,3)15-20(24)25)8-9-18(16)26-12-6-11-23-19-7-4-5-10-22-19/h4-5,7-10,13H,6,11-12,14-15H2,1-3H3,(H,22,23)(H,24,25). The van der Waals surface area contributed by atoms with Crippen LogP contribution >= 0.6 is 0 Å². The van der Waals surface area contributed by atoms with Gasteiger partial charge in [0.25, 0.3) is 0 Å². The summed E-state index contributed by atoms with van der Waals surface area (Å²) in [6.45, 7) is 7.42. The van der Waals surface area contributed by atoms with Crippen LogP contribution in [0.3, 0.4) is 0 Å². The maximum Gasteiger partial charge on any atom is 0.303 e. The lowest BCUT2D eigenvalue weighted by molar-refractivity contribution is -0.139. The third-order valence-electron chi connectivity index (χ3n) is 4.10. The first kappa shape index (κ1) is 19.8. The van der Waals surface area contributed by atoms with Crippen LogP contribution in [0.1, 0.15) is 37.8 Å². The highest BCUT2D eigenvalue weighted by Crippen LogP contribution is 2.28. The molecule has 0 atom stereocenters. The summed E-state index contributed by atoms with van der Waals surface area (Å²) in [6, 6.07) is 11.9. The molecule has 2 rings (SSSR count). The fourth-order valence-corrected chi connectivity index (χ4v) is 2.95. The van der Waals surface area contributed by atoms with Gasteiger partial charge in [-0.3, -0.25) is 4.79 Å². The van der Waals surface area contributed by atoms with Crippen molar-refractivity contribution >= 4 is 11.8 Å². The maximum absolute atomic E-state index is 11.0. The number of pyridine rings is 1. The van der Waals surface area contributed by atoms with Crippen molar-refractivity contribution < 1.29 is 14.6 Å². The fourth-order valence-electron chi connectivity index (χ4n) is 2.95. The average Bonchev–Trinajstić information content (AvgIpc) is 2.55. The molecule has 0 aliphatic carbocycles. The van der Waals surface area contributed by atoms with Crippen LogP contribution in [0.4, 0.5) is 5.82 Å². The van der Waals surface area contributed by atoms with Crippen molar-refractivity contribution in [1.29, 1.82) is 0 Å². The number of hydrogen-bond acceptors (Lipinski definition) is 4. The number of hydrogen-bond donors (Lipinski definition) is 2. The van der Waals surface area contributed by atoms with Gasteiger partial charge in [-0.15, -0.1) is 0 Å². The van der Waals surface area contributed by atoms with Crippen LogP contribution in [-0.2, 0) is 11.2 Å². The van der Waals surface area contributed by atoms with E-state index in [4.69, 9.17) is 9.84 Å². The summed E-state index contributed by atoms with van der Waals surface area (Å²) in [7, 11) is 0. The predicted octanol–water partition coefficient (Wildman–Crippen LogP) is 4.31. The van der Waals surface area contributed by atoms with Gasteiger partial charge in [-0.2, -0.15) is 0 Å². The Balaban J connectivity index is 1.79. The number of aryl methyl sites for hydroxylation is 1. The van der Waals surface area contributed by atoms with Gasteiger partial charge in [-0.1, -0.05) is 32.0 Å². The Morgan fingerprint density at radius 2 is 2.08 bits per heavy atom. The van der Waals surface area contributed by atoms with E-state index in [9.17, 15) is 4.79 Å². The summed E-state index contributed by atoms with van der Waals surface area (Å²) in [4.78, 5) is 15.2. The zero-order valence-corrected chi connectivity index (χ0v) is 15.8. The van der Waals surface area contributed by atoms with E-state index in [-0.39, 0.29) is 11.8 Å². The Morgan fingerprint density at radius 1 is 1.27 bits per heavy atom. The fraction of sp³-hybridized carbons (Fsp3) is 0.429. The van der Waals surface area contributed by atoms with Gasteiger partial charge in [0.2, 0.25) is 0 Å². The summed E-state index contributed by atoms with van der Waals surface area (Å²) < 4.78 is 5.87. The first-order valence-electron chi connectivity index (χ1n) is 8.95. The molecule has 1 aromatic carbocycles. The van der Waals surface area contributed by atoms with Crippen molar-refractivity contribution in [3.05, 3.63) is 53.7 Å². The number of nitrogens with zero attached hydrogens (tertiary/aromatic N) is 1.